The highest BCUT2D eigenvalue weighted by molar-refractivity contribution is 5.80. The van der Waals surface area contributed by atoms with E-state index in [0.29, 0.717) is 25.2 Å². The summed E-state index contributed by atoms with van der Waals surface area (Å²) in [6.45, 7) is 4.79. The number of rotatable bonds is 3. The summed E-state index contributed by atoms with van der Waals surface area (Å²) in [6, 6.07) is 8.49. The minimum absolute atomic E-state index is 0.317. The number of hydrogen-bond acceptors (Lipinski definition) is 2. The summed E-state index contributed by atoms with van der Waals surface area (Å²) < 4.78 is 5.92. The Hall–Kier alpha value is -1.15. The van der Waals surface area contributed by atoms with Crippen molar-refractivity contribution in [1.29, 1.82) is 0 Å². The van der Waals surface area contributed by atoms with Gasteiger partial charge in [-0.15, -0.1) is 0 Å². The fourth-order valence-electron chi connectivity index (χ4n) is 2.48. The molecule has 1 aliphatic heterocycles. The number of ether oxygens (including phenoxy) is 1. The normalized spacial score (nSPS) is 24.9. The molecule has 0 saturated carbocycles. The van der Waals surface area contributed by atoms with Gasteiger partial charge in [0.2, 0.25) is 0 Å². The van der Waals surface area contributed by atoms with Gasteiger partial charge in [-0.25, -0.2) is 0 Å². The van der Waals surface area contributed by atoms with Crippen LogP contribution in [0.3, 0.4) is 0 Å². The lowest BCUT2D eigenvalue weighted by Gasteiger charge is -2.36. The Labute approximate surface area is 103 Å². The summed E-state index contributed by atoms with van der Waals surface area (Å²) in [6.07, 6.45) is 2.98. The van der Waals surface area contributed by atoms with Crippen molar-refractivity contribution >= 4 is 5.78 Å². The average Bonchev–Trinajstić information content (AvgIpc) is 2.38. The first-order chi connectivity index (χ1) is 8.20. The van der Waals surface area contributed by atoms with E-state index in [1.165, 1.54) is 5.56 Å². The molecule has 1 atom stereocenters. The van der Waals surface area contributed by atoms with E-state index in [0.717, 1.165) is 18.4 Å². The second-order valence-electron chi connectivity index (χ2n) is 4.71. The van der Waals surface area contributed by atoms with E-state index in [9.17, 15) is 4.79 Å². The molecule has 0 amide bonds. The molecule has 1 aromatic carbocycles. The summed E-state index contributed by atoms with van der Waals surface area (Å²) >= 11 is 0. The molecular formula is C15H20O2. The van der Waals surface area contributed by atoms with Gasteiger partial charge in [0.05, 0.1) is 12.2 Å². The van der Waals surface area contributed by atoms with Crippen molar-refractivity contribution in [2.75, 3.05) is 6.61 Å². The van der Waals surface area contributed by atoms with Crippen molar-refractivity contribution in [2.24, 2.45) is 0 Å². The minimum Gasteiger partial charge on any atom is -0.369 e. The lowest BCUT2D eigenvalue weighted by atomic mass is 9.83. The quantitative estimate of drug-likeness (QED) is 0.799. The molecule has 0 N–H and O–H groups in total. The number of benzene rings is 1. The molecule has 0 spiro atoms. The Bertz CT molecular complexity index is 394. The van der Waals surface area contributed by atoms with Crippen LogP contribution >= 0.6 is 0 Å². The molecule has 1 saturated heterocycles. The molecule has 1 unspecified atom stereocenters. The molecule has 0 aromatic heterocycles. The second kappa shape index (κ2) is 5.01. The molecule has 2 heteroatoms. The zero-order valence-electron chi connectivity index (χ0n) is 10.7. The number of carbonyl (C=O) groups excluding carboxylic acids is 1. The first-order valence-corrected chi connectivity index (χ1v) is 6.45. The van der Waals surface area contributed by atoms with Crippen LogP contribution in [0.2, 0.25) is 0 Å². The zero-order valence-corrected chi connectivity index (χ0v) is 10.7. The smallest absolute Gasteiger partial charge is 0.138 e. The Balaban J connectivity index is 2.29. The predicted molar refractivity (Wildman–Crippen MR) is 68.0 cm³/mol. The molecule has 1 fully saturated rings. The van der Waals surface area contributed by atoms with Crippen LogP contribution in [0.1, 0.15) is 44.2 Å². The topological polar surface area (TPSA) is 26.3 Å². The zero-order chi connectivity index (χ0) is 12.3. The molecule has 1 aliphatic rings. The van der Waals surface area contributed by atoms with Gasteiger partial charge >= 0.3 is 0 Å². The molecule has 2 nitrogen and oxygen atoms in total. The van der Waals surface area contributed by atoms with Gasteiger partial charge in [-0.3, -0.25) is 4.79 Å². The number of Topliss-reactive ketones (excluding diaryl/α,β-unsaturated/α-hetero) is 1. The van der Waals surface area contributed by atoms with E-state index in [2.05, 4.69) is 38.1 Å². The van der Waals surface area contributed by atoms with E-state index in [-0.39, 0.29) is 5.60 Å². The van der Waals surface area contributed by atoms with Crippen LogP contribution in [0, 0.1) is 0 Å². The SMILES string of the molecule is CCc1ccc(C2(CC)CC(=O)CCO2)cc1. The van der Waals surface area contributed by atoms with Crippen LogP contribution in [0.25, 0.3) is 0 Å². The summed E-state index contributed by atoms with van der Waals surface area (Å²) in [5.74, 6) is 0.317. The maximum absolute atomic E-state index is 11.7. The van der Waals surface area contributed by atoms with Gasteiger partial charge in [-0.2, -0.15) is 0 Å². The lowest BCUT2D eigenvalue weighted by molar-refractivity contribution is -0.142. The van der Waals surface area contributed by atoms with E-state index >= 15 is 0 Å². The molecule has 17 heavy (non-hydrogen) atoms. The third-order valence-corrected chi connectivity index (χ3v) is 3.70. The Morgan fingerprint density at radius 2 is 1.94 bits per heavy atom. The van der Waals surface area contributed by atoms with Gasteiger partial charge in [-0.1, -0.05) is 38.1 Å². The number of carbonyl (C=O) groups is 1. The van der Waals surface area contributed by atoms with Gasteiger partial charge in [0.15, 0.2) is 0 Å². The fourth-order valence-corrected chi connectivity index (χ4v) is 2.48. The summed E-state index contributed by atoms with van der Waals surface area (Å²) in [4.78, 5) is 11.7. The summed E-state index contributed by atoms with van der Waals surface area (Å²) in [5, 5.41) is 0. The van der Waals surface area contributed by atoms with Crippen molar-refractivity contribution in [3.8, 4) is 0 Å². The Kier molecular flexibility index (Phi) is 3.63. The van der Waals surface area contributed by atoms with Crippen LogP contribution in [0.15, 0.2) is 24.3 Å². The van der Waals surface area contributed by atoms with Crippen LogP contribution in [-0.4, -0.2) is 12.4 Å². The first-order valence-electron chi connectivity index (χ1n) is 6.45. The number of hydrogen-bond donors (Lipinski definition) is 0. The molecule has 2 rings (SSSR count). The minimum atomic E-state index is -0.373. The summed E-state index contributed by atoms with van der Waals surface area (Å²) in [7, 11) is 0. The van der Waals surface area contributed by atoms with Gasteiger partial charge in [0, 0.05) is 12.8 Å². The van der Waals surface area contributed by atoms with E-state index in [1.807, 2.05) is 0 Å². The van der Waals surface area contributed by atoms with E-state index in [1.54, 1.807) is 0 Å². The third kappa shape index (κ3) is 2.42. The van der Waals surface area contributed by atoms with Crippen LogP contribution in [0.4, 0.5) is 0 Å². The van der Waals surface area contributed by atoms with Gasteiger partial charge < -0.3 is 4.74 Å². The maximum Gasteiger partial charge on any atom is 0.138 e. The largest absolute Gasteiger partial charge is 0.369 e. The maximum atomic E-state index is 11.7. The molecule has 92 valence electrons. The Morgan fingerprint density at radius 1 is 1.24 bits per heavy atom. The second-order valence-corrected chi connectivity index (χ2v) is 4.71. The number of ketones is 1. The first kappa shape index (κ1) is 12.3. The third-order valence-electron chi connectivity index (χ3n) is 3.70. The molecule has 1 heterocycles. The van der Waals surface area contributed by atoms with Crippen LogP contribution < -0.4 is 0 Å². The highest BCUT2D eigenvalue weighted by atomic mass is 16.5. The molecule has 0 radical (unpaired) electrons. The van der Waals surface area contributed by atoms with Crippen molar-refractivity contribution in [3.63, 3.8) is 0 Å². The average molecular weight is 232 g/mol. The van der Waals surface area contributed by atoms with Crippen LogP contribution in [-0.2, 0) is 21.6 Å². The molecule has 0 aliphatic carbocycles. The van der Waals surface area contributed by atoms with Crippen LogP contribution in [0.5, 0.6) is 0 Å². The predicted octanol–water partition coefficient (Wildman–Crippen LogP) is 3.23. The molecular weight excluding hydrogens is 212 g/mol. The molecule has 1 aromatic rings. The van der Waals surface area contributed by atoms with Crippen molar-refractivity contribution in [2.45, 2.75) is 45.1 Å². The van der Waals surface area contributed by atoms with Crippen molar-refractivity contribution in [1.82, 2.24) is 0 Å². The fraction of sp³-hybridized carbons (Fsp3) is 0.533. The lowest BCUT2D eigenvalue weighted by Crippen LogP contribution is -2.37. The highest BCUT2D eigenvalue weighted by Crippen LogP contribution is 2.36. The van der Waals surface area contributed by atoms with E-state index in [4.69, 9.17) is 4.74 Å². The number of aryl methyl sites for hydroxylation is 1. The standard InChI is InChI=1S/C15H20O2/c1-3-12-5-7-13(8-6-12)15(4-2)11-14(16)9-10-17-15/h5-8H,3-4,9-11H2,1-2H3. The van der Waals surface area contributed by atoms with Crippen molar-refractivity contribution in [3.05, 3.63) is 35.4 Å². The van der Waals surface area contributed by atoms with E-state index < -0.39 is 0 Å². The van der Waals surface area contributed by atoms with Gasteiger partial charge in [-0.05, 0) is 24.0 Å². The monoisotopic (exact) mass is 232 g/mol. The van der Waals surface area contributed by atoms with Crippen molar-refractivity contribution < 1.29 is 9.53 Å². The van der Waals surface area contributed by atoms with Gasteiger partial charge in [0.25, 0.3) is 0 Å². The van der Waals surface area contributed by atoms with Gasteiger partial charge in [0.1, 0.15) is 5.78 Å². The highest BCUT2D eigenvalue weighted by Gasteiger charge is 2.36. The molecule has 0 bridgehead atoms. The Morgan fingerprint density at radius 3 is 2.47 bits per heavy atom. The summed E-state index contributed by atoms with van der Waals surface area (Å²) in [5.41, 5.74) is 2.09.